The standard InChI is InChI=1S/C16H10ClFN2S/c17-12-5-2-4-11(16(12)21)14(19)10-7-9-3-1-6-13(18)15(9)20-8-10/h1-8,19,21H. The van der Waals surface area contributed by atoms with Gasteiger partial charge in [-0.2, -0.15) is 0 Å². The molecule has 5 heteroatoms. The van der Waals surface area contributed by atoms with Gasteiger partial charge in [0.1, 0.15) is 11.3 Å². The van der Waals surface area contributed by atoms with E-state index in [2.05, 4.69) is 17.6 Å². The Labute approximate surface area is 131 Å². The smallest absolute Gasteiger partial charge is 0.149 e. The highest BCUT2D eigenvalue weighted by atomic mass is 35.5. The first-order chi connectivity index (χ1) is 10.1. The van der Waals surface area contributed by atoms with Gasteiger partial charge in [0.2, 0.25) is 0 Å². The molecule has 2 aromatic carbocycles. The number of aromatic nitrogens is 1. The molecule has 1 heterocycles. The number of fused-ring (bicyclic) bond motifs is 1. The number of hydrogen-bond donors (Lipinski definition) is 2. The SMILES string of the molecule is N=C(c1cnc2c(F)cccc2c1)c1cccc(Cl)c1S. The molecule has 0 saturated carbocycles. The average molecular weight is 317 g/mol. The van der Waals surface area contributed by atoms with E-state index < -0.39 is 0 Å². The Balaban J connectivity index is 2.12. The van der Waals surface area contributed by atoms with E-state index in [-0.39, 0.29) is 11.5 Å². The second-order valence-electron chi connectivity index (χ2n) is 4.55. The van der Waals surface area contributed by atoms with Crippen LogP contribution in [-0.2, 0) is 0 Å². The van der Waals surface area contributed by atoms with Crippen molar-refractivity contribution in [3.05, 3.63) is 70.6 Å². The van der Waals surface area contributed by atoms with Crippen LogP contribution in [-0.4, -0.2) is 10.7 Å². The van der Waals surface area contributed by atoms with Crippen molar-refractivity contribution in [1.29, 1.82) is 5.41 Å². The molecule has 2 nitrogen and oxygen atoms in total. The molecule has 3 aromatic rings. The summed E-state index contributed by atoms with van der Waals surface area (Å²) in [5.41, 5.74) is 1.75. The van der Waals surface area contributed by atoms with E-state index in [0.29, 0.717) is 31.9 Å². The van der Waals surface area contributed by atoms with Gasteiger partial charge in [0.25, 0.3) is 0 Å². The number of rotatable bonds is 2. The Morgan fingerprint density at radius 2 is 1.95 bits per heavy atom. The van der Waals surface area contributed by atoms with E-state index in [1.165, 1.54) is 12.3 Å². The van der Waals surface area contributed by atoms with Gasteiger partial charge in [0.15, 0.2) is 0 Å². The summed E-state index contributed by atoms with van der Waals surface area (Å²) in [6.45, 7) is 0. The van der Waals surface area contributed by atoms with Crippen LogP contribution < -0.4 is 0 Å². The van der Waals surface area contributed by atoms with Crippen LogP contribution in [0, 0.1) is 11.2 Å². The molecule has 0 aliphatic rings. The predicted octanol–water partition coefficient (Wildman–Crippen LogP) is 4.73. The minimum Gasteiger partial charge on any atom is -0.300 e. The second kappa shape index (κ2) is 5.47. The maximum Gasteiger partial charge on any atom is 0.149 e. The number of pyridine rings is 1. The maximum atomic E-state index is 13.6. The molecule has 0 amide bonds. The average Bonchev–Trinajstić information content (AvgIpc) is 2.49. The van der Waals surface area contributed by atoms with E-state index in [4.69, 9.17) is 17.0 Å². The number of halogens is 2. The first-order valence-corrected chi connectivity index (χ1v) is 7.01. The van der Waals surface area contributed by atoms with Crippen molar-refractivity contribution >= 4 is 40.8 Å². The minimum atomic E-state index is -0.372. The van der Waals surface area contributed by atoms with Gasteiger partial charge >= 0.3 is 0 Å². The van der Waals surface area contributed by atoms with Crippen LogP contribution in [0.5, 0.6) is 0 Å². The lowest BCUT2D eigenvalue weighted by Crippen LogP contribution is -2.04. The summed E-state index contributed by atoms with van der Waals surface area (Å²) in [7, 11) is 0. The van der Waals surface area contributed by atoms with Crippen LogP contribution in [0.1, 0.15) is 11.1 Å². The highest BCUT2D eigenvalue weighted by molar-refractivity contribution is 7.80. The van der Waals surface area contributed by atoms with Crippen LogP contribution in [0.4, 0.5) is 4.39 Å². The third-order valence-corrected chi connectivity index (χ3v) is 4.14. The third kappa shape index (κ3) is 2.52. The van der Waals surface area contributed by atoms with Crippen LogP contribution in [0.15, 0.2) is 53.6 Å². The molecule has 1 aromatic heterocycles. The third-order valence-electron chi connectivity index (χ3n) is 3.21. The molecule has 0 unspecified atom stereocenters. The molecule has 0 saturated heterocycles. The summed E-state index contributed by atoms with van der Waals surface area (Å²) < 4.78 is 13.6. The molecule has 104 valence electrons. The van der Waals surface area contributed by atoms with E-state index in [0.717, 1.165) is 0 Å². The Bertz CT molecular complexity index is 864. The van der Waals surface area contributed by atoms with Crippen LogP contribution in [0.2, 0.25) is 5.02 Å². The van der Waals surface area contributed by atoms with Crippen LogP contribution in [0.3, 0.4) is 0 Å². The number of hydrogen-bond acceptors (Lipinski definition) is 3. The van der Waals surface area contributed by atoms with Crippen molar-refractivity contribution in [3.63, 3.8) is 0 Å². The zero-order valence-electron chi connectivity index (χ0n) is 10.8. The fourth-order valence-electron chi connectivity index (χ4n) is 2.13. The van der Waals surface area contributed by atoms with Gasteiger partial charge in [-0.3, -0.25) is 10.4 Å². The summed E-state index contributed by atoms with van der Waals surface area (Å²) in [5, 5.41) is 9.44. The number of nitrogens with one attached hydrogen (secondary N) is 1. The molecule has 1 N–H and O–H groups in total. The van der Waals surface area contributed by atoms with E-state index in [9.17, 15) is 4.39 Å². The van der Waals surface area contributed by atoms with Gasteiger partial charge in [-0.1, -0.05) is 35.9 Å². The summed E-state index contributed by atoms with van der Waals surface area (Å²) in [6.07, 6.45) is 1.49. The first kappa shape index (κ1) is 14.0. The Morgan fingerprint density at radius 1 is 1.19 bits per heavy atom. The van der Waals surface area contributed by atoms with E-state index in [1.54, 1.807) is 36.4 Å². The quantitative estimate of drug-likeness (QED) is 0.520. The predicted molar refractivity (Wildman–Crippen MR) is 86.3 cm³/mol. The van der Waals surface area contributed by atoms with E-state index >= 15 is 0 Å². The fraction of sp³-hybridized carbons (Fsp3) is 0. The Kier molecular flexibility index (Phi) is 3.66. The molecule has 0 aliphatic carbocycles. The number of benzene rings is 2. The first-order valence-electron chi connectivity index (χ1n) is 6.19. The van der Waals surface area contributed by atoms with Crippen molar-refractivity contribution in [2.24, 2.45) is 0 Å². The van der Waals surface area contributed by atoms with Crippen LogP contribution >= 0.6 is 24.2 Å². The van der Waals surface area contributed by atoms with Gasteiger partial charge in [0.05, 0.1) is 10.7 Å². The normalized spacial score (nSPS) is 10.8. The minimum absolute atomic E-state index is 0.251. The molecule has 0 aliphatic heterocycles. The number of para-hydroxylation sites is 1. The lowest BCUT2D eigenvalue weighted by Gasteiger charge is -2.09. The molecular weight excluding hydrogens is 307 g/mol. The van der Waals surface area contributed by atoms with Gasteiger partial charge in [-0.25, -0.2) is 4.39 Å². The van der Waals surface area contributed by atoms with Gasteiger partial charge in [-0.05, 0) is 18.2 Å². The Hall–Kier alpha value is -1.91. The topological polar surface area (TPSA) is 36.7 Å². The lowest BCUT2D eigenvalue weighted by molar-refractivity contribution is 0.637. The fourth-order valence-corrected chi connectivity index (χ4v) is 2.57. The van der Waals surface area contributed by atoms with Crippen molar-refractivity contribution in [1.82, 2.24) is 4.98 Å². The molecule has 0 radical (unpaired) electrons. The van der Waals surface area contributed by atoms with Crippen molar-refractivity contribution in [3.8, 4) is 0 Å². The van der Waals surface area contributed by atoms with Gasteiger partial charge < -0.3 is 0 Å². The zero-order chi connectivity index (χ0) is 15.0. The van der Waals surface area contributed by atoms with Crippen molar-refractivity contribution < 1.29 is 4.39 Å². The zero-order valence-corrected chi connectivity index (χ0v) is 12.4. The number of nitrogens with zero attached hydrogens (tertiary/aromatic N) is 1. The summed E-state index contributed by atoms with van der Waals surface area (Å²) >= 11 is 10.4. The molecule has 3 rings (SSSR count). The highest BCUT2D eigenvalue weighted by Gasteiger charge is 2.12. The van der Waals surface area contributed by atoms with Crippen molar-refractivity contribution in [2.75, 3.05) is 0 Å². The molecule has 0 spiro atoms. The summed E-state index contributed by atoms with van der Waals surface area (Å²) in [5.74, 6) is -0.372. The second-order valence-corrected chi connectivity index (χ2v) is 5.40. The maximum absolute atomic E-state index is 13.6. The molecular formula is C16H10ClFN2S. The molecule has 0 atom stereocenters. The van der Waals surface area contributed by atoms with Crippen LogP contribution in [0.25, 0.3) is 10.9 Å². The largest absolute Gasteiger partial charge is 0.300 e. The van der Waals surface area contributed by atoms with Crippen molar-refractivity contribution in [2.45, 2.75) is 4.90 Å². The summed E-state index contributed by atoms with van der Waals surface area (Å²) in [6, 6.07) is 11.7. The summed E-state index contributed by atoms with van der Waals surface area (Å²) in [4.78, 5) is 4.65. The van der Waals surface area contributed by atoms with Gasteiger partial charge in [-0.15, -0.1) is 12.6 Å². The Morgan fingerprint density at radius 3 is 2.76 bits per heavy atom. The lowest BCUT2D eigenvalue weighted by atomic mass is 10.0. The number of thiol groups is 1. The monoisotopic (exact) mass is 316 g/mol. The molecule has 0 bridgehead atoms. The van der Waals surface area contributed by atoms with E-state index in [1.807, 2.05) is 0 Å². The highest BCUT2D eigenvalue weighted by Crippen LogP contribution is 2.26. The molecule has 0 fully saturated rings. The molecule has 21 heavy (non-hydrogen) atoms. The van der Waals surface area contributed by atoms with Gasteiger partial charge in [0, 0.05) is 27.6 Å².